The van der Waals surface area contributed by atoms with Gasteiger partial charge in [0.1, 0.15) is 5.82 Å². The van der Waals surface area contributed by atoms with Gasteiger partial charge in [0.05, 0.1) is 40.5 Å². The highest BCUT2D eigenvalue weighted by atomic mass is 15.1. The average molecular weight is 667 g/mol. The summed E-state index contributed by atoms with van der Waals surface area (Å²) in [5.74, 6) is 2.13. The fraction of sp³-hybridized carbons (Fsp3) is 0. The van der Waals surface area contributed by atoms with E-state index in [0.717, 1.165) is 77.4 Å². The van der Waals surface area contributed by atoms with Crippen molar-refractivity contribution in [3.8, 4) is 45.4 Å². The van der Waals surface area contributed by atoms with Gasteiger partial charge >= 0.3 is 0 Å². The molecule has 0 saturated heterocycles. The molecule has 0 aliphatic carbocycles. The molecule has 0 N–H and O–H groups in total. The molecular formula is C44H26N8. The Labute approximate surface area is 297 Å². The lowest BCUT2D eigenvalue weighted by Gasteiger charge is -2.17. The van der Waals surface area contributed by atoms with Crippen molar-refractivity contribution >= 4 is 49.3 Å². The van der Waals surface area contributed by atoms with Gasteiger partial charge in [-0.05, 0) is 78.4 Å². The van der Waals surface area contributed by atoms with Crippen LogP contribution in [0.3, 0.4) is 0 Å². The highest BCUT2D eigenvalue weighted by Gasteiger charge is 2.20. The molecule has 52 heavy (non-hydrogen) atoms. The molecule has 0 fully saturated rings. The van der Waals surface area contributed by atoms with Gasteiger partial charge in [0.15, 0.2) is 17.3 Å². The van der Waals surface area contributed by atoms with E-state index in [9.17, 15) is 0 Å². The quantitative estimate of drug-likeness (QED) is 0.171. The highest BCUT2D eigenvalue weighted by molar-refractivity contribution is 6.12. The molecule has 0 spiro atoms. The first kappa shape index (κ1) is 29.4. The van der Waals surface area contributed by atoms with Crippen molar-refractivity contribution in [2.75, 3.05) is 0 Å². The second kappa shape index (κ2) is 11.8. The topological polar surface area (TPSA) is 78.7 Å². The Morgan fingerprint density at radius 1 is 0.442 bits per heavy atom. The Balaban J connectivity index is 1.24. The van der Waals surface area contributed by atoms with Crippen LogP contribution in [0.2, 0.25) is 0 Å². The Bertz CT molecular complexity index is 3030. The standard InChI is InChI=1S/C44H26N8/c1-45-31-10-6-9-28(23-31)34-26-42(52-38-14-5-3-12-33(38)36-25-30(16-18-40(36)52)44-48-21-8-22-49-44)50-27-41(34)51-37-13-4-2-11-32(37)35-24-29(15-17-39(35)51)43-46-19-7-20-47-43/h2-27H. The van der Waals surface area contributed by atoms with Crippen LogP contribution in [0.25, 0.3) is 93.9 Å². The van der Waals surface area contributed by atoms with Crippen LogP contribution in [-0.2, 0) is 0 Å². The number of pyridine rings is 1. The van der Waals surface area contributed by atoms with E-state index in [1.165, 1.54) is 0 Å². The Morgan fingerprint density at radius 3 is 1.62 bits per heavy atom. The zero-order valence-corrected chi connectivity index (χ0v) is 27.6. The normalized spacial score (nSPS) is 11.4. The van der Waals surface area contributed by atoms with Gasteiger partial charge in [-0.3, -0.25) is 4.57 Å². The molecular weight excluding hydrogens is 641 g/mol. The van der Waals surface area contributed by atoms with Crippen molar-refractivity contribution in [2.24, 2.45) is 0 Å². The van der Waals surface area contributed by atoms with Crippen molar-refractivity contribution in [3.63, 3.8) is 0 Å². The van der Waals surface area contributed by atoms with Crippen molar-refractivity contribution in [1.82, 2.24) is 34.1 Å². The zero-order chi connectivity index (χ0) is 34.6. The third kappa shape index (κ3) is 4.65. The van der Waals surface area contributed by atoms with Crippen molar-refractivity contribution in [2.45, 2.75) is 0 Å². The summed E-state index contributed by atoms with van der Waals surface area (Å²) < 4.78 is 4.49. The number of para-hydroxylation sites is 2. The summed E-state index contributed by atoms with van der Waals surface area (Å²) in [4.78, 5) is 27.0. The number of hydrogen-bond donors (Lipinski definition) is 0. The minimum absolute atomic E-state index is 0.573. The Hall–Kier alpha value is -7.50. The first-order valence-corrected chi connectivity index (χ1v) is 16.8. The van der Waals surface area contributed by atoms with E-state index >= 15 is 0 Å². The molecule has 0 aliphatic rings. The number of fused-ring (bicyclic) bond motifs is 6. The van der Waals surface area contributed by atoms with E-state index in [4.69, 9.17) is 11.6 Å². The molecule has 5 heterocycles. The maximum Gasteiger partial charge on any atom is 0.187 e. The van der Waals surface area contributed by atoms with Crippen LogP contribution >= 0.6 is 0 Å². The number of hydrogen-bond acceptors (Lipinski definition) is 5. The van der Waals surface area contributed by atoms with Crippen LogP contribution in [-0.4, -0.2) is 34.1 Å². The van der Waals surface area contributed by atoms with Gasteiger partial charge in [0.2, 0.25) is 0 Å². The Morgan fingerprint density at radius 2 is 1.00 bits per heavy atom. The van der Waals surface area contributed by atoms with Gasteiger partial charge in [-0.2, -0.15) is 0 Å². The minimum atomic E-state index is 0.573. The van der Waals surface area contributed by atoms with E-state index < -0.39 is 0 Å². The maximum atomic E-state index is 7.80. The summed E-state index contributed by atoms with van der Waals surface area (Å²) >= 11 is 0. The summed E-state index contributed by atoms with van der Waals surface area (Å²) in [7, 11) is 0. The average Bonchev–Trinajstić information content (AvgIpc) is 3.73. The van der Waals surface area contributed by atoms with Crippen LogP contribution < -0.4 is 0 Å². The van der Waals surface area contributed by atoms with E-state index in [2.05, 4.69) is 131 Å². The Kier molecular flexibility index (Phi) is 6.69. The van der Waals surface area contributed by atoms with Crippen LogP contribution in [0.5, 0.6) is 0 Å². The molecule has 5 aromatic carbocycles. The van der Waals surface area contributed by atoms with Gasteiger partial charge in [-0.25, -0.2) is 29.8 Å². The molecule has 0 unspecified atom stereocenters. The summed E-state index contributed by atoms with van der Waals surface area (Å²) in [6.07, 6.45) is 9.02. The predicted octanol–water partition coefficient (Wildman–Crippen LogP) is 10.4. The molecule has 0 bridgehead atoms. The molecule has 8 heteroatoms. The number of benzene rings is 5. The minimum Gasteiger partial charge on any atom is -0.307 e. The lowest BCUT2D eigenvalue weighted by molar-refractivity contribution is 1.06. The number of rotatable bonds is 5. The zero-order valence-electron chi connectivity index (χ0n) is 27.6. The molecule has 5 aromatic heterocycles. The first-order valence-electron chi connectivity index (χ1n) is 16.8. The van der Waals surface area contributed by atoms with Crippen molar-refractivity contribution in [1.29, 1.82) is 0 Å². The van der Waals surface area contributed by atoms with E-state index in [0.29, 0.717) is 17.3 Å². The maximum absolute atomic E-state index is 7.80. The monoisotopic (exact) mass is 666 g/mol. The molecule has 10 rings (SSSR count). The lowest BCUT2D eigenvalue weighted by atomic mass is 10.0. The summed E-state index contributed by atoms with van der Waals surface area (Å²) in [5.41, 5.74) is 9.40. The van der Waals surface area contributed by atoms with Gasteiger partial charge in [0.25, 0.3) is 0 Å². The molecule has 8 nitrogen and oxygen atoms in total. The van der Waals surface area contributed by atoms with Crippen molar-refractivity contribution in [3.05, 3.63) is 170 Å². The van der Waals surface area contributed by atoms with Gasteiger partial charge in [0, 0.05) is 63.0 Å². The molecule has 0 atom stereocenters. The highest BCUT2D eigenvalue weighted by Crippen LogP contribution is 2.40. The van der Waals surface area contributed by atoms with E-state index in [-0.39, 0.29) is 0 Å². The third-order valence-electron chi connectivity index (χ3n) is 9.62. The molecule has 0 saturated carbocycles. The SMILES string of the molecule is [C-]#[N+]c1cccc(-c2cc(-n3c4ccccc4c4cc(-c5ncccn5)ccc43)ncc2-n2c3ccccc3c3cc(-c4ncccn4)ccc32)c1. The number of nitrogens with zero attached hydrogens (tertiary/aromatic N) is 8. The smallest absolute Gasteiger partial charge is 0.187 e. The first-order chi connectivity index (χ1) is 25.7. The second-order valence-corrected chi connectivity index (χ2v) is 12.5. The number of aromatic nitrogens is 7. The van der Waals surface area contributed by atoms with Crippen LogP contribution in [0, 0.1) is 6.57 Å². The fourth-order valence-corrected chi connectivity index (χ4v) is 7.34. The van der Waals surface area contributed by atoms with E-state index in [1.807, 2.05) is 36.5 Å². The van der Waals surface area contributed by atoms with E-state index in [1.54, 1.807) is 24.8 Å². The third-order valence-corrected chi connectivity index (χ3v) is 9.62. The van der Waals surface area contributed by atoms with Gasteiger partial charge < -0.3 is 4.57 Å². The summed E-state index contributed by atoms with van der Waals surface area (Å²) in [6, 6.07) is 43.1. The lowest BCUT2D eigenvalue weighted by Crippen LogP contribution is -2.03. The molecule has 0 radical (unpaired) electrons. The van der Waals surface area contributed by atoms with Crippen LogP contribution in [0.1, 0.15) is 0 Å². The fourth-order valence-electron chi connectivity index (χ4n) is 7.34. The van der Waals surface area contributed by atoms with Crippen molar-refractivity contribution < 1.29 is 0 Å². The van der Waals surface area contributed by atoms with Gasteiger partial charge in [-0.1, -0.05) is 54.6 Å². The largest absolute Gasteiger partial charge is 0.307 e. The molecule has 242 valence electrons. The van der Waals surface area contributed by atoms with Gasteiger partial charge in [-0.15, -0.1) is 0 Å². The molecule has 0 amide bonds. The molecule has 10 aromatic rings. The predicted molar refractivity (Wildman–Crippen MR) is 207 cm³/mol. The van der Waals surface area contributed by atoms with Crippen LogP contribution in [0.15, 0.2) is 158 Å². The summed E-state index contributed by atoms with van der Waals surface area (Å²) in [6.45, 7) is 7.80. The second-order valence-electron chi connectivity index (χ2n) is 12.5. The summed E-state index contributed by atoms with van der Waals surface area (Å²) in [5, 5.41) is 4.40. The van der Waals surface area contributed by atoms with Crippen LogP contribution in [0.4, 0.5) is 5.69 Å². The molecule has 0 aliphatic heterocycles.